The minimum Gasteiger partial charge on any atom is -0.343 e. The minimum absolute atomic E-state index is 0. The van der Waals surface area contributed by atoms with Gasteiger partial charge in [-0.25, -0.2) is 0 Å². The van der Waals surface area contributed by atoms with E-state index in [4.69, 9.17) is 5.73 Å². The summed E-state index contributed by atoms with van der Waals surface area (Å²) in [5.74, 6) is -0.549. The van der Waals surface area contributed by atoms with Crippen molar-refractivity contribution in [1.82, 2.24) is 10.2 Å². The Morgan fingerprint density at radius 3 is 2.36 bits per heavy atom. The van der Waals surface area contributed by atoms with E-state index >= 15 is 0 Å². The van der Waals surface area contributed by atoms with Crippen molar-refractivity contribution in [3.63, 3.8) is 0 Å². The summed E-state index contributed by atoms with van der Waals surface area (Å²) in [5, 5.41) is 2.44. The third kappa shape index (κ3) is 5.34. The summed E-state index contributed by atoms with van der Waals surface area (Å²) in [6.07, 6.45) is -3.62. The van der Waals surface area contributed by atoms with Crippen molar-refractivity contribution in [1.29, 1.82) is 0 Å². The average Bonchev–Trinajstić information content (AvgIpc) is 2.92. The van der Waals surface area contributed by atoms with Gasteiger partial charge in [0.2, 0.25) is 5.91 Å². The maximum atomic E-state index is 12.5. The topological polar surface area (TPSA) is 75.4 Å². The monoisotopic (exact) mass is 379 g/mol. The van der Waals surface area contributed by atoms with Crippen molar-refractivity contribution < 1.29 is 22.8 Å². The predicted octanol–water partition coefficient (Wildman–Crippen LogP) is 2.05. The molecule has 5 nitrogen and oxygen atoms in total. The number of rotatable bonds is 4. The number of alkyl halides is 3. The van der Waals surface area contributed by atoms with Gasteiger partial charge in [0.15, 0.2) is 0 Å². The zero-order valence-corrected chi connectivity index (χ0v) is 14.5. The van der Waals surface area contributed by atoms with E-state index in [1.165, 1.54) is 0 Å². The van der Waals surface area contributed by atoms with Crippen LogP contribution in [0.4, 0.5) is 13.2 Å². The van der Waals surface area contributed by atoms with Crippen LogP contribution in [0.15, 0.2) is 24.3 Å². The van der Waals surface area contributed by atoms with Gasteiger partial charge in [-0.15, -0.1) is 12.4 Å². The molecule has 2 unspecified atom stereocenters. The van der Waals surface area contributed by atoms with E-state index in [9.17, 15) is 22.8 Å². The maximum Gasteiger partial charge on any atom is 0.416 e. The van der Waals surface area contributed by atoms with Crippen LogP contribution >= 0.6 is 12.4 Å². The predicted molar refractivity (Wildman–Crippen MR) is 89.4 cm³/mol. The van der Waals surface area contributed by atoms with E-state index in [2.05, 4.69) is 5.32 Å². The lowest BCUT2D eigenvalue weighted by atomic mass is 10.1. The highest BCUT2D eigenvalue weighted by atomic mass is 35.5. The van der Waals surface area contributed by atoms with Crippen LogP contribution in [0.1, 0.15) is 29.3 Å². The summed E-state index contributed by atoms with van der Waals surface area (Å²) >= 11 is 0. The van der Waals surface area contributed by atoms with Gasteiger partial charge >= 0.3 is 6.18 Å². The number of nitrogens with zero attached hydrogens (tertiary/aromatic N) is 1. The number of amides is 2. The Kier molecular flexibility index (Phi) is 7.25. The highest BCUT2D eigenvalue weighted by molar-refractivity contribution is 5.96. The van der Waals surface area contributed by atoms with Crippen LogP contribution in [0, 0.1) is 5.92 Å². The first kappa shape index (κ1) is 21.2. The molecule has 3 N–H and O–H groups in total. The fraction of sp³-hybridized carbons (Fsp3) is 0.500. The lowest BCUT2D eigenvalue weighted by Gasteiger charge is -2.21. The summed E-state index contributed by atoms with van der Waals surface area (Å²) < 4.78 is 37.5. The van der Waals surface area contributed by atoms with E-state index in [-0.39, 0.29) is 42.4 Å². The van der Waals surface area contributed by atoms with E-state index < -0.39 is 17.6 Å². The van der Waals surface area contributed by atoms with Crippen LogP contribution in [-0.2, 0) is 11.0 Å². The second-order valence-electron chi connectivity index (χ2n) is 5.99. The molecule has 2 rings (SSSR count). The lowest BCUT2D eigenvalue weighted by Crippen LogP contribution is -2.42. The fourth-order valence-corrected chi connectivity index (χ4v) is 2.83. The molecule has 2 atom stereocenters. The number of hydrogen-bond acceptors (Lipinski definition) is 3. The highest BCUT2D eigenvalue weighted by Crippen LogP contribution is 2.29. The molecule has 2 amide bonds. The smallest absolute Gasteiger partial charge is 0.343 e. The Hall–Kier alpha value is -1.80. The van der Waals surface area contributed by atoms with Crippen molar-refractivity contribution in [2.45, 2.75) is 25.6 Å². The first-order valence-corrected chi connectivity index (χ1v) is 7.67. The number of nitrogens with one attached hydrogen (secondary N) is 1. The highest BCUT2D eigenvalue weighted by Gasteiger charge is 2.32. The van der Waals surface area contributed by atoms with Gasteiger partial charge in [-0.2, -0.15) is 13.2 Å². The first-order valence-electron chi connectivity index (χ1n) is 7.67. The van der Waals surface area contributed by atoms with Crippen LogP contribution in [-0.4, -0.2) is 42.4 Å². The standard InChI is InChI=1S/C16H20F3N3O2.ClH/c1-10-6-11(7-20)9-22(10)14(23)8-21-15(24)12-2-4-13(5-3-12)16(17,18)19;/h2-5,10-11H,6-9,20H2,1H3,(H,21,24);1H. The molecule has 0 spiro atoms. The van der Waals surface area contributed by atoms with Gasteiger partial charge in [0.05, 0.1) is 12.1 Å². The third-order valence-corrected chi connectivity index (χ3v) is 4.19. The zero-order valence-electron chi connectivity index (χ0n) is 13.7. The first-order chi connectivity index (χ1) is 11.2. The van der Waals surface area contributed by atoms with Gasteiger partial charge in [-0.05, 0) is 50.1 Å². The molecule has 0 aromatic heterocycles. The van der Waals surface area contributed by atoms with Crippen molar-refractivity contribution in [3.05, 3.63) is 35.4 Å². The Morgan fingerprint density at radius 1 is 1.28 bits per heavy atom. The van der Waals surface area contributed by atoms with Crippen LogP contribution in [0.25, 0.3) is 0 Å². The third-order valence-electron chi connectivity index (χ3n) is 4.19. The average molecular weight is 380 g/mol. The normalized spacial score (nSPS) is 20.1. The molecule has 1 aromatic rings. The van der Waals surface area contributed by atoms with E-state index in [1.54, 1.807) is 4.90 Å². The molecule has 0 saturated carbocycles. The second kappa shape index (κ2) is 8.53. The summed E-state index contributed by atoms with van der Waals surface area (Å²) in [6.45, 7) is 2.80. The zero-order chi connectivity index (χ0) is 17.9. The molecule has 1 saturated heterocycles. The summed E-state index contributed by atoms with van der Waals surface area (Å²) in [4.78, 5) is 25.8. The summed E-state index contributed by atoms with van der Waals surface area (Å²) in [6, 6.07) is 3.92. The molecule has 1 fully saturated rings. The number of likely N-dealkylation sites (tertiary alicyclic amines) is 1. The lowest BCUT2D eigenvalue weighted by molar-refractivity contribution is -0.137. The molecular weight excluding hydrogens is 359 g/mol. The number of nitrogens with two attached hydrogens (primary N) is 1. The number of halogens is 4. The second-order valence-corrected chi connectivity index (χ2v) is 5.99. The molecule has 1 heterocycles. The molecule has 25 heavy (non-hydrogen) atoms. The largest absolute Gasteiger partial charge is 0.416 e. The van der Waals surface area contributed by atoms with Crippen molar-refractivity contribution >= 4 is 24.2 Å². The quantitative estimate of drug-likeness (QED) is 0.840. The molecule has 9 heteroatoms. The van der Waals surface area contributed by atoms with Crippen molar-refractivity contribution in [3.8, 4) is 0 Å². The van der Waals surface area contributed by atoms with E-state index in [0.717, 1.165) is 30.7 Å². The Labute approximate surface area is 150 Å². The van der Waals surface area contributed by atoms with Gasteiger partial charge in [0.25, 0.3) is 5.91 Å². The Bertz CT molecular complexity index is 608. The number of carbonyl (C=O) groups is 2. The molecule has 1 aromatic carbocycles. The molecule has 0 aliphatic carbocycles. The molecule has 1 aliphatic rings. The van der Waals surface area contributed by atoms with Crippen LogP contribution in [0.5, 0.6) is 0 Å². The van der Waals surface area contributed by atoms with Crippen LogP contribution < -0.4 is 11.1 Å². The van der Waals surface area contributed by atoms with Gasteiger partial charge < -0.3 is 16.0 Å². The van der Waals surface area contributed by atoms with Gasteiger partial charge in [-0.1, -0.05) is 0 Å². The van der Waals surface area contributed by atoms with Crippen LogP contribution in [0.2, 0.25) is 0 Å². The van der Waals surface area contributed by atoms with E-state index in [1.807, 2.05) is 6.92 Å². The summed E-state index contributed by atoms with van der Waals surface area (Å²) in [7, 11) is 0. The van der Waals surface area contributed by atoms with Gasteiger partial charge in [0, 0.05) is 18.2 Å². The molecule has 0 radical (unpaired) electrons. The Balaban J connectivity index is 0.00000312. The van der Waals surface area contributed by atoms with Crippen molar-refractivity contribution in [2.75, 3.05) is 19.6 Å². The number of benzene rings is 1. The fourth-order valence-electron chi connectivity index (χ4n) is 2.83. The molecule has 0 bridgehead atoms. The maximum absolute atomic E-state index is 12.5. The van der Waals surface area contributed by atoms with Gasteiger partial charge in [0.1, 0.15) is 0 Å². The van der Waals surface area contributed by atoms with Crippen molar-refractivity contribution in [2.24, 2.45) is 11.7 Å². The molecule has 140 valence electrons. The molecular formula is C16H21ClF3N3O2. The minimum atomic E-state index is -4.45. The summed E-state index contributed by atoms with van der Waals surface area (Å²) in [5.41, 5.74) is 4.86. The molecule has 1 aliphatic heterocycles. The number of hydrogen-bond donors (Lipinski definition) is 2. The van der Waals surface area contributed by atoms with Gasteiger partial charge in [-0.3, -0.25) is 9.59 Å². The van der Waals surface area contributed by atoms with Crippen LogP contribution in [0.3, 0.4) is 0 Å². The number of carbonyl (C=O) groups excluding carboxylic acids is 2. The SMILES string of the molecule is CC1CC(CN)CN1C(=O)CNC(=O)c1ccc(C(F)(F)F)cc1.Cl. The van der Waals surface area contributed by atoms with E-state index in [0.29, 0.717) is 13.1 Å². The Morgan fingerprint density at radius 2 is 1.88 bits per heavy atom.